The van der Waals surface area contributed by atoms with Crippen molar-refractivity contribution in [2.24, 2.45) is 0 Å². The quantitative estimate of drug-likeness (QED) is 0.576. The predicted molar refractivity (Wildman–Crippen MR) is 92.3 cm³/mol. The van der Waals surface area contributed by atoms with Gasteiger partial charge < -0.3 is 4.74 Å². The Morgan fingerprint density at radius 2 is 2.00 bits per heavy atom. The average Bonchev–Trinajstić information content (AvgIpc) is 2.62. The third-order valence-electron chi connectivity index (χ3n) is 4.11. The van der Waals surface area contributed by atoms with Crippen LogP contribution in [-0.4, -0.2) is 46.8 Å². The van der Waals surface area contributed by atoms with Gasteiger partial charge >= 0.3 is 0 Å². The van der Waals surface area contributed by atoms with Crippen molar-refractivity contribution in [3.8, 4) is 5.88 Å². The first-order valence-corrected chi connectivity index (χ1v) is 9.51. The molecule has 1 fully saturated rings. The van der Waals surface area contributed by atoms with Crippen molar-refractivity contribution in [3.63, 3.8) is 0 Å². The van der Waals surface area contributed by atoms with Crippen LogP contribution in [0.2, 0.25) is 0 Å². The van der Waals surface area contributed by atoms with E-state index < -0.39 is 14.9 Å². The number of aromatic nitrogens is 2. The molecule has 3 rings (SSSR count). The summed E-state index contributed by atoms with van der Waals surface area (Å²) in [5, 5.41) is 10.9. The number of rotatable bonds is 5. The first-order chi connectivity index (χ1) is 12.4. The normalized spacial score (nSPS) is 16.3. The summed E-state index contributed by atoms with van der Waals surface area (Å²) in [6.45, 7) is 2.32. The van der Waals surface area contributed by atoms with E-state index in [0.717, 1.165) is 6.07 Å². The van der Waals surface area contributed by atoms with Crippen LogP contribution in [-0.2, 0) is 10.0 Å². The molecule has 1 saturated heterocycles. The highest BCUT2D eigenvalue weighted by Crippen LogP contribution is 2.25. The number of ether oxygens (including phenoxy) is 1. The standard InChI is InChI=1S/C16H18N4O5S/c1-12-17-8-5-16(18-12)25-14-6-9-19(10-7-14)26(23,24)15-4-2-3-13(11-15)20(21)22/h2-5,8,11,14H,6-7,9-10H2,1H3. The van der Waals surface area contributed by atoms with Crippen molar-refractivity contribution >= 4 is 15.7 Å². The first-order valence-electron chi connectivity index (χ1n) is 8.07. The van der Waals surface area contributed by atoms with Crippen LogP contribution >= 0.6 is 0 Å². The van der Waals surface area contributed by atoms with E-state index in [0.29, 0.717) is 24.5 Å². The van der Waals surface area contributed by atoms with Gasteiger partial charge in [0.15, 0.2) is 0 Å². The summed E-state index contributed by atoms with van der Waals surface area (Å²) in [6.07, 6.45) is 2.49. The van der Waals surface area contributed by atoms with Gasteiger partial charge in [-0.15, -0.1) is 0 Å². The van der Waals surface area contributed by atoms with Crippen LogP contribution < -0.4 is 4.74 Å². The molecule has 10 heteroatoms. The highest BCUT2D eigenvalue weighted by Gasteiger charge is 2.31. The molecule has 0 saturated carbocycles. The fraction of sp³-hybridized carbons (Fsp3) is 0.375. The van der Waals surface area contributed by atoms with Gasteiger partial charge in [-0.3, -0.25) is 10.1 Å². The summed E-state index contributed by atoms with van der Waals surface area (Å²) in [5.41, 5.74) is -0.247. The highest BCUT2D eigenvalue weighted by molar-refractivity contribution is 7.89. The van der Waals surface area contributed by atoms with Crippen molar-refractivity contribution in [2.45, 2.75) is 30.8 Å². The largest absolute Gasteiger partial charge is 0.474 e. The second kappa shape index (κ2) is 7.34. The Balaban J connectivity index is 1.67. The summed E-state index contributed by atoms with van der Waals surface area (Å²) in [5.74, 6) is 1.07. The first kappa shape index (κ1) is 18.2. The fourth-order valence-corrected chi connectivity index (χ4v) is 4.28. The number of hydrogen-bond acceptors (Lipinski definition) is 7. The van der Waals surface area contributed by atoms with Crippen molar-refractivity contribution in [2.75, 3.05) is 13.1 Å². The van der Waals surface area contributed by atoms with Crippen molar-refractivity contribution in [1.82, 2.24) is 14.3 Å². The van der Waals surface area contributed by atoms with Gasteiger partial charge in [0.1, 0.15) is 11.9 Å². The second-order valence-corrected chi connectivity index (χ2v) is 7.86. The third kappa shape index (κ3) is 3.97. The number of hydrogen-bond donors (Lipinski definition) is 0. The number of sulfonamides is 1. The van der Waals surface area contributed by atoms with E-state index in [1.165, 1.54) is 22.5 Å². The van der Waals surface area contributed by atoms with Gasteiger partial charge in [0.25, 0.3) is 5.69 Å². The molecule has 0 atom stereocenters. The van der Waals surface area contributed by atoms with E-state index in [2.05, 4.69) is 9.97 Å². The number of nitrogens with zero attached hydrogens (tertiary/aromatic N) is 4. The van der Waals surface area contributed by atoms with E-state index in [4.69, 9.17) is 4.74 Å². The lowest BCUT2D eigenvalue weighted by atomic mass is 10.1. The van der Waals surface area contributed by atoms with E-state index >= 15 is 0 Å². The van der Waals surface area contributed by atoms with Gasteiger partial charge in [-0.25, -0.2) is 13.4 Å². The minimum atomic E-state index is -3.77. The Bertz CT molecular complexity index is 910. The summed E-state index contributed by atoms with van der Waals surface area (Å²) < 4.78 is 32.5. The Labute approximate surface area is 150 Å². The van der Waals surface area contributed by atoms with E-state index in [1.54, 1.807) is 19.2 Å². The van der Waals surface area contributed by atoms with Gasteiger partial charge in [-0.1, -0.05) is 6.07 Å². The Kier molecular flexibility index (Phi) is 5.14. The van der Waals surface area contributed by atoms with Crippen LogP contribution in [0.4, 0.5) is 5.69 Å². The van der Waals surface area contributed by atoms with Gasteiger partial charge in [0, 0.05) is 37.5 Å². The van der Waals surface area contributed by atoms with Gasteiger partial charge in [-0.2, -0.15) is 9.29 Å². The van der Waals surface area contributed by atoms with Crippen LogP contribution in [0.3, 0.4) is 0 Å². The Morgan fingerprint density at radius 3 is 2.65 bits per heavy atom. The van der Waals surface area contributed by atoms with Crippen molar-refractivity contribution in [3.05, 3.63) is 52.5 Å². The molecule has 0 bridgehead atoms. The highest BCUT2D eigenvalue weighted by atomic mass is 32.2. The fourth-order valence-electron chi connectivity index (χ4n) is 2.77. The maximum atomic E-state index is 12.7. The Hall–Kier alpha value is -2.59. The molecule has 0 amide bonds. The van der Waals surface area contributed by atoms with Crippen LogP contribution in [0.5, 0.6) is 5.88 Å². The molecule has 2 heterocycles. The Morgan fingerprint density at radius 1 is 1.27 bits per heavy atom. The average molecular weight is 378 g/mol. The molecule has 1 aromatic heterocycles. The number of nitro benzene ring substituents is 1. The zero-order chi connectivity index (χ0) is 18.7. The predicted octanol–water partition coefficient (Wildman–Crippen LogP) is 1.93. The molecule has 1 aliphatic rings. The molecular weight excluding hydrogens is 360 g/mol. The van der Waals surface area contributed by atoms with Crippen LogP contribution in [0.15, 0.2) is 41.4 Å². The third-order valence-corrected chi connectivity index (χ3v) is 6.00. The minimum absolute atomic E-state index is 0.0718. The molecule has 1 aliphatic heterocycles. The molecule has 0 N–H and O–H groups in total. The number of nitro groups is 1. The van der Waals surface area contributed by atoms with Gasteiger partial charge in [0.2, 0.25) is 15.9 Å². The van der Waals surface area contributed by atoms with E-state index in [-0.39, 0.29) is 29.8 Å². The summed E-state index contributed by atoms with van der Waals surface area (Å²) in [4.78, 5) is 18.4. The topological polar surface area (TPSA) is 116 Å². The van der Waals surface area contributed by atoms with Gasteiger partial charge in [-0.05, 0) is 25.8 Å². The summed E-state index contributed by atoms with van der Waals surface area (Å²) in [7, 11) is -3.77. The van der Waals surface area contributed by atoms with E-state index in [9.17, 15) is 18.5 Å². The summed E-state index contributed by atoms with van der Waals surface area (Å²) >= 11 is 0. The molecule has 0 radical (unpaired) electrons. The van der Waals surface area contributed by atoms with Crippen LogP contribution in [0.1, 0.15) is 18.7 Å². The number of benzene rings is 1. The maximum Gasteiger partial charge on any atom is 0.270 e. The molecule has 9 nitrogen and oxygen atoms in total. The SMILES string of the molecule is Cc1nccc(OC2CCN(S(=O)(=O)c3cccc([N+](=O)[O-])c3)CC2)n1. The molecule has 2 aromatic rings. The number of piperidine rings is 1. The smallest absolute Gasteiger partial charge is 0.270 e. The second-order valence-electron chi connectivity index (χ2n) is 5.92. The van der Waals surface area contributed by atoms with Crippen molar-refractivity contribution < 1.29 is 18.1 Å². The molecule has 0 aliphatic carbocycles. The zero-order valence-electron chi connectivity index (χ0n) is 14.1. The molecule has 0 unspecified atom stereocenters. The van der Waals surface area contributed by atoms with E-state index in [1.807, 2.05) is 0 Å². The zero-order valence-corrected chi connectivity index (χ0v) is 14.9. The lowest BCUT2D eigenvalue weighted by Gasteiger charge is -2.31. The number of aryl methyl sites for hydroxylation is 1. The maximum absolute atomic E-state index is 12.7. The minimum Gasteiger partial charge on any atom is -0.474 e. The lowest BCUT2D eigenvalue weighted by molar-refractivity contribution is -0.385. The lowest BCUT2D eigenvalue weighted by Crippen LogP contribution is -2.41. The number of non-ortho nitro benzene ring substituents is 1. The molecule has 0 spiro atoms. The molecule has 26 heavy (non-hydrogen) atoms. The summed E-state index contributed by atoms with van der Waals surface area (Å²) in [6, 6.07) is 6.76. The molecule has 1 aromatic carbocycles. The molecule has 138 valence electrons. The van der Waals surface area contributed by atoms with Crippen molar-refractivity contribution in [1.29, 1.82) is 0 Å². The monoisotopic (exact) mass is 378 g/mol. The molecular formula is C16H18N4O5S. The van der Waals surface area contributed by atoms with Crippen LogP contribution in [0, 0.1) is 17.0 Å². The van der Waals surface area contributed by atoms with Gasteiger partial charge in [0.05, 0.1) is 9.82 Å². The van der Waals surface area contributed by atoms with Crippen LogP contribution in [0.25, 0.3) is 0 Å².